The number of nitrogens with zero attached hydrogens (tertiary/aromatic N) is 7. The predicted molar refractivity (Wildman–Crippen MR) is 122 cm³/mol. The van der Waals surface area contributed by atoms with Crippen LogP contribution in [-0.4, -0.2) is 81.2 Å². The smallest absolute Gasteiger partial charge is 0.393 e. The van der Waals surface area contributed by atoms with Crippen LogP contribution in [0.3, 0.4) is 0 Å². The molecule has 0 bridgehead atoms. The van der Waals surface area contributed by atoms with Crippen molar-refractivity contribution in [3.05, 3.63) is 42.5 Å². The summed E-state index contributed by atoms with van der Waals surface area (Å²) < 4.78 is 47.6. The summed E-state index contributed by atoms with van der Waals surface area (Å²) in [6.07, 6.45) is -0.934. The lowest BCUT2D eigenvalue weighted by Gasteiger charge is -2.60. The van der Waals surface area contributed by atoms with E-state index in [2.05, 4.69) is 42.1 Å². The van der Waals surface area contributed by atoms with E-state index in [1.165, 1.54) is 18.0 Å². The fourth-order valence-electron chi connectivity index (χ4n) is 5.33. The Morgan fingerprint density at radius 3 is 2.60 bits per heavy atom. The summed E-state index contributed by atoms with van der Waals surface area (Å²) in [6, 6.07) is 5.25. The van der Waals surface area contributed by atoms with Gasteiger partial charge < -0.3 is 14.5 Å². The van der Waals surface area contributed by atoms with Gasteiger partial charge in [-0.1, -0.05) is 0 Å². The molecule has 2 aliphatic rings. The molecular formula is C23H23F3N8O. The van der Waals surface area contributed by atoms with E-state index in [1.54, 1.807) is 24.5 Å². The Kier molecular flexibility index (Phi) is 4.78. The number of anilines is 1. The molecule has 2 fully saturated rings. The Bertz CT molecular complexity index is 1380. The van der Waals surface area contributed by atoms with Crippen LogP contribution in [0, 0.1) is 5.41 Å². The maximum absolute atomic E-state index is 13.6. The van der Waals surface area contributed by atoms with E-state index >= 15 is 0 Å². The summed E-state index contributed by atoms with van der Waals surface area (Å²) in [7, 11) is 3.58. The van der Waals surface area contributed by atoms with Gasteiger partial charge in [-0.05, 0) is 25.2 Å². The average Bonchev–Trinajstić information content (AvgIpc) is 3.40. The van der Waals surface area contributed by atoms with E-state index in [4.69, 9.17) is 4.74 Å². The van der Waals surface area contributed by atoms with Gasteiger partial charge >= 0.3 is 6.18 Å². The van der Waals surface area contributed by atoms with Crippen molar-refractivity contribution >= 4 is 11.3 Å². The molecule has 0 atom stereocenters. The van der Waals surface area contributed by atoms with Gasteiger partial charge in [-0.25, -0.2) is 9.50 Å². The number of methoxy groups -OCH3 is 1. The second-order valence-corrected chi connectivity index (χ2v) is 9.47. The monoisotopic (exact) mass is 484 g/mol. The minimum Gasteiger partial charge on any atom is -0.493 e. The highest BCUT2D eigenvalue weighted by molar-refractivity contribution is 5.75. The molecule has 2 saturated heterocycles. The molecule has 1 N–H and O–H groups in total. The number of aromatic amines is 1. The minimum absolute atomic E-state index is 0.0136. The Balaban J connectivity index is 1.34. The van der Waals surface area contributed by atoms with Crippen LogP contribution in [0.4, 0.5) is 18.9 Å². The van der Waals surface area contributed by atoms with E-state index in [9.17, 15) is 13.2 Å². The molecule has 4 aromatic heterocycles. The first-order chi connectivity index (χ1) is 16.7. The van der Waals surface area contributed by atoms with Crippen molar-refractivity contribution in [2.24, 2.45) is 5.41 Å². The van der Waals surface area contributed by atoms with Crippen LogP contribution in [0.15, 0.2) is 36.9 Å². The molecular weight excluding hydrogens is 461 g/mol. The number of halogens is 3. The molecule has 182 valence electrons. The van der Waals surface area contributed by atoms with Crippen LogP contribution in [0.2, 0.25) is 0 Å². The summed E-state index contributed by atoms with van der Waals surface area (Å²) in [5, 5.41) is 11.1. The normalized spacial score (nSPS) is 17.6. The molecule has 0 unspecified atom stereocenters. The third-order valence-electron chi connectivity index (χ3n) is 6.71. The number of hydrogen-bond acceptors (Lipinski definition) is 7. The summed E-state index contributed by atoms with van der Waals surface area (Å²) in [5.41, 5.74) is 3.04. The third kappa shape index (κ3) is 3.77. The molecule has 0 radical (unpaired) electrons. The molecule has 6 rings (SSSR count). The van der Waals surface area contributed by atoms with E-state index in [0.29, 0.717) is 28.1 Å². The summed E-state index contributed by atoms with van der Waals surface area (Å²) >= 11 is 0. The van der Waals surface area contributed by atoms with Crippen LogP contribution < -0.4 is 9.64 Å². The zero-order valence-corrected chi connectivity index (χ0v) is 19.2. The van der Waals surface area contributed by atoms with Gasteiger partial charge in [-0.3, -0.25) is 10.1 Å². The zero-order valence-electron chi connectivity index (χ0n) is 19.2. The number of aromatic nitrogens is 6. The van der Waals surface area contributed by atoms with Crippen LogP contribution in [0.5, 0.6) is 5.75 Å². The van der Waals surface area contributed by atoms with E-state index in [-0.39, 0.29) is 17.0 Å². The number of likely N-dealkylation sites (tertiary alicyclic amines) is 1. The SMILES string of the molecule is COc1cc(-c2[nH]nc(-c3ccc(N4CC5(CN(C)C5)C4)cn3)c2CC(F)(F)F)cn2ncnc12. The Hall–Kier alpha value is -3.67. The number of fused-ring (bicyclic) bond motifs is 1. The van der Waals surface area contributed by atoms with Crippen molar-refractivity contribution in [2.45, 2.75) is 12.6 Å². The first-order valence-corrected chi connectivity index (χ1v) is 11.2. The molecule has 12 heteroatoms. The number of pyridine rings is 2. The Morgan fingerprint density at radius 2 is 1.94 bits per heavy atom. The average molecular weight is 484 g/mol. The maximum atomic E-state index is 13.6. The van der Waals surface area contributed by atoms with Gasteiger partial charge in [0.05, 0.1) is 36.8 Å². The summed E-state index contributed by atoms with van der Waals surface area (Å²) in [4.78, 5) is 13.1. The molecule has 35 heavy (non-hydrogen) atoms. The summed E-state index contributed by atoms with van der Waals surface area (Å²) in [5.74, 6) is 0.390. The van der Waals surface area contributed by atoms with Crippen molar-refractivity contribution in [2.75, 3.05) is 45.2 Å². The van der Waals surface area contributed by atoms with Crippen LogP contribution in [0.25, 0.3) is 28.3 Å². The highest BCUT2D eigenvalue weighted by Gasteiger charge is 2.50. The first-order valence-electron chi connectivity index (χ1n) is 11.2. The van der Waals surface area contributed by atoms with Crippen LogP contribution in [0.1, 0.15) is 5.56 Å². The topological polar surface area (TPSA) is 87.5 Å². The van der Waals surface area contributed by atoms with Crippen molar-refractivity contribution < 1.29 is 17.9 Å². The molecule has 0 aromatic carbocycles. The van der Waals surface area contributed by atoms with Crippen LogP contribution in [-0.2, 0) is 6.42 Å². The molecule has 9 nitrogen and oxygen atoms in total. The fourth-order valence-corrected chi connectivity index (χ4v) is 5.33. The second-order valence-electron chi connectivity index (χ2n) is 9.47. The van der Waals surface area contributed by atoms with Gasteiger partial charge in [0.15, 0.2) is 11.4 Å². The van der Waals surface area contributed by atoms with Gasteiger partial charge in [0.1, 0.15) is 12.0 Å². The highest BCUT2D eigenvalue weighted by atomic mass is 19.4. The number of alkyl halides is 3. The zero-order chi connectivity index (χ0) is 24.4. The minimum atomic E-state index is -4.43. The Labute approximate surface area is 198 Å². The second kappa shape index (κ2) is 7.67. The van der Waals surface area contributed by atoms with Gasteiger partial charge in [-0.15, -0.1) is 0 Å². The van der Waals surface area contributed by atoms with Gasteiger partial charge in [0.2, 0.25) is 0 Å². The quantitative estimate of drug-likeness (QED) is 0.466. The van der Waals surface area contributed by atoms with Gasteiger partial charge in [-0.2, -0.15) is 23.4 Å². The van der Waals surface area contributed by atoms with Crippen LogP contribution >= 0.6 is 0 Å². The van der Waals surface area contributed by atoms with Crippen molar-refractivity contribution in [1.82, 2.24) is 34.7 Å². The lowest BCUT2D eigenvalue weighted by atomic mass is 9.73. The number of ether oxygens (including phenoxy) is 1. The molecule has 6 heterocycles. The lowest BCUT2D eigenvalue weighted by Crippen LogP contribution is -2.71. The molecule has 4 aromatic rings. The number of hydrogen-bond donors (Lipinski definition) is 1. The maximum Gasteiger partial charge on any atom is 0.393 e. The number of H-pyrrole nitrogens is 1. The molecule has 0 aliphatic carbocycles. The standard InChI is InChI=1S/C23H23F3N8O/c1-32-9-22(10-32)11-33(12-22)15-3-4-17(27-7-15)20-16(6-23(24,25)26)19(30-31-20)14-5-18(35-2)21-28-13-29-34(21)8-14/h3-5,7-8,13H,6,9-12H2,1-2H3,(H,30,31). The van der Waals surface area contributed by atoms with Crippen molar-refractivity contribution in [3.8, 4) is 28.4 Å². The first kappa shape index (κ1) is 21.8. The molecule has 2 aliphatic heterocycles. The van der Waals surface area contributed by atoms with Gasteiger partial charge in [0, 0.05) is 48.9 Å². The fraction of sp³-hybridized carbons (Fsp3) is 0.391. The predicted octanol–water partition coefficient (Wildman–Crippen LogP) is 3.05. The van der Waals surface area contributed by atoms with Crippen molar-refractivity contribution in [1.29, 1.82) is 0 Å². The number of rotatable bonds is 5. The lowest BCUT2D eigenvalue weighted by molar-refractivity contribution is -0.127. The third-order valence-corrected chi connectivity index (χ3v) is 6.71. The molecule has 0 amide bonds. The van der Waals surface area contributed by atoms with E-state index < -0.39 is 12.6 Å². The summed E-state index contributed by atoms with van der Waals surface area (Å²) in [6.45, 7) is 4.13. The van der Waals surface area contributed by atoms with Gasteiger partial charge in [0.25, 0.3) is 0 Å². The highest BCUT2D eigenvalue weighted by Crippen LogP contribution is 2.41. The number of nitrogens with one attached hydrogen (secondary N) is 1. The van der Waals surface area contributed by atoms with E-state index in [0.717, 1.165) is 31.9 Å². The molecule has 0 saturated carbocycles. The Morgan fingerprint density at radius 1 is 1.14 bits per heavy atom. The largest absolute Gasteiger partial charge is 0.493 e. The van der Waals surface area contributed by atoms with E-state index in [1.807, 2.05) is 6.07 Å². The van der Waals surface area contributed by atoms with Crippen molar-refractivity contribution in [3.63, 3.8) is 0 Å². The molecule has 1 spiro atoms.